The average Bonchev–Trinajstić information content (AvgIpc) is 2.49. The molecule has 0 heterocycles. The fourth-order valence-electron chi connectivity index (χ4n) is 2.29. The van der Waals surface area contributed by atoms with Crippen molar-refractivity contribution < 1.29 is 19.0 Å². The van der Waals surface area contributed by atoms with Crippen LogP contribution in [0.25, 0.3) is 0 Å². The Balaban J connectivity index is 2.37. The molecule has 2 nitrogen and oxygen atoms in total. The molecule has 112 valence electrons. The van der Waals surface area contributed by atoms with Gasteiger partial charge in [0.2, 0.25) is 0 Å². The van der Waals surface area contributed by atoms with Gasteiger partial charge in [-0.15, -0.1) is 0 Å². The molecule has 2 rings (SSSR count). The first kappa shape index (κ1) is 15.9. The molecular weight excluding hydrogens is 298 g/mol. The van der Waals surface area contributed by atoms with Gasteiger partial charge in [-0.2, -0.15) is 0 Å². The molecule has 21 heavy (non-hydrogen) atoms. The molecule has 0 saturated carbocycles. The van der Waals surface area contributed by atoms with Crippen molar-refractivity contribution in [1.82, 2.24) is 0 Å². The number of rotatable bonds is 5. The third-order valence-corrected chi connectivity index (χ3v) is 3.89. The molecule has 0 saturated heterocycles. The summed E-state index contributed by atoms with van der Waals surface area (Å²) in [5.41, 5.74) is 0.169. The molecule has 0 aliphatic heterocycles. The Morgan fingerprint density at radius 3 is 2.10 bits per heavy atom. The van der Waals surface area contributed by atoms with E-state index >= 15 is 0 Å². The van der Waals surface area contributed by atoms with E-state index in [9.17, 15) is 19.0 Å². The van der Waals surface area contributed by atoms with E-state index < -0.39 is 17.0 Å². The van der Waals surface area contributed by atoms with Gasteiger partial charge in [0.15, 0.2) is 0 Å². The highest BCUT2D eigenvalue weighted by molar-refractivity contribution is 6.30. The summed E-state index contributed by atoms with van der Waals surface area (Å²) in [6, 6.07) is 9.87. The van der Waals surface area contributed by atoms with Crippen LogP contribution in [0, 0.1) is 11.6 Å². The van der Waals surface area contributed by atoms with Gasteiger partial charge < -0.3 is 10.2 Å². The summed E-state index contributed by atoms with van der Waals surface area (Å²) in [7, 11) is 0. The number of aliphatic hydroxyl groups is 2. The van der Waals surface area contributed by atoms with Crippen molar-refractivity contribution in [3.8, 4) is 0 Å². The maximum absolute atomic E-state index is 13.5. The number of aliphatic hydroxyl groups excluding tert-OH is 2. The molecule has 2 aromatic rings. The molecule has 5 heteroatoms. The van der Waals surface area contributed by atoms with Crippen molar-refractivity contribution in [3.63, 3.8) is 0 Å². The van der Waals surface area contributed by atoms with Crippen LogP contribution in [-0.4, -0.2) is 23.4 Å². The minimum absolute atomic E-state index is 0.0131. The second kappa shape index (κ2) is 6.52. The monoisotopic (exact) mass is 312 g/mol. The number of benzene rings is 2. The lowest BCUT2D eigenvalue weighted by Crippen LogP contribution is -2.37. The van der Waals surface area contributed by atoms with Crippen molar-refractivity contribution >= 4 is 11.6 Å². The second-order valence-corrected chi connectivity index (χ2v) is 5.44. The van der Waals surface area contributed by atoms with Gasteiger partial charge in [-0.1, -0.05) is 29.8 Å². The summed E-state index contributed by atoms with van der Waals surface area (Å²) >= 11 is 5.64. The lowest BCUT2D eigenvalue weighted by Gasteiger charge is -2.30. The van der Waals surface area contributed by atoms with E-state index in [-0.39, 0.29) is 24.7 Å². The van der Waals surface area contributed by atoms with Gasteiger partial charge >= 0.3 is 0 Å². The van der Waals surface area contributed by atoms with Crippen molar-refractivity contribution in [1.29, 1.82) is 0 Å². The van der Waals surface area contributed by atoms with Gasteiger partial charge in [0, 0.05) is 5.41 Å². The van der Waals surface area contributed by atoms with Gasteiger partial charge in [-0.25, -0.2) is 8.78 Å². The maximum atomic E-state index is 13.5. The Kier molecular flexibility index (Phi) is 4.93. The van der Waals surface area contributed by atoms with Crippen molar-refractivity contribution in [3.05, 3.63) is 70.2 Å². The first-order chi connectivity index (χ1) is 10.0. The predicted octanol–water partition coefficient (Wildman–Crippen LogP) is 3.08. The zero-order valence-corrected chi connectivity index (χ0v) is 11.9. The normalized spacial score (nSPS) is 11.7. The van der Waals surface area contributed by atoms with Crippen molar-refractivity contribution in [2.24, 2.45) is 0 Å². The van der Waals surface area contributed by atoms with Gasteiger partial charge in [-0.05, 0) is 41.8 Å². The lowest BCUT2D eigenvalue weighted by atomic mass is 9.77. The van der Waals surface area contributed by atoms with Gasteiger partial charge in [0.05, 0.1) is 18.2 Å². The highest BCUT2D eigenvalue weighted by Crippen LogP contribution is 2.29. The maximum Gasteiger partial charge on any atom is 0.142 e. The molecule has 0 atom stereocenters. The Labute approximate surface area is 126 Å². The van der Waals surface area contributed by atoms with Crippen LogP contribution in [0.2, 0.25) is 5.02 Å². The number of hydrogen-bond donors (Lipinski definition) is 2. The van der Waals surface area contributed by atoms with Crippen LogP contribution >= 0.6 is 11.6 Å². The smallest absolute Gasteiger partial charge is 0.142 e. The molecular formula is C16H15ClF2O2. The Morgan fingerprint density at radius 2 is 1.57 bits per heavy atom. The lowest BCUT2D eigenvalue weighted by molar-refractivity contribution is 0.116. The molecule has 0 aliphatic carbocycles. The first-order valence-electron chi connectivity index (χ1n) is 6.42. The zero-order valence-electron chi connectivity index (χ0n) is 11.2. The molecule has 0 aromatic heterocycles. The van der Waals surface area contributed by atoms with E-state index in [0.717, 1.165) is 0 Å². The summed E-state index contributed by atoms with van der Waals surface area (Å²) in [6.07, 6.45) is 0.208. The van der Waals surface area contributed by atoms with Gasteiger partial charge in [0.25, 0.3) is 0 Å². The fourth-order valence-corrected chi connectivity index (χ4v) is 2.41. The van der Waals surface area contributed by atoms with Crippen LogP contribution in [-0.2, 0) is 11.8 Å². The Morgan fingerprint density at radius 1 is 0.952 bits per heavy atom. The molecule has 0 aliphatic rings. The second-order valence-electron chi connectivity index (χ2n) is 5.03. The highest BCUT2D eigenvalue weighted by Gasteiger charge is 2.31. The summed E-state index contributed by atoms with van der Waals surface area (Å²) in [5.74, 6) is -0.959. The largest absolute Gasteiger partial charge is 0.395 e. The quantitative estimate of drug-likeness (QED) is 0.891. The van der Waals surface area contributed by atoms with Crippen LogP contribution in [0.1, 0.15) is 11.1 Å². The molecule has 0 amide bonds. The van der Waals surface area contributed by atoms with Crippen LogP contribution in [0.5, 0.6) is 0 Å². The average molecular weight is 313 g/mol. The van der Waals surface area contributed by atoms with Crippen LogP contribution < -0.4 is 0 Å². The summed E-state index contributed by atoms with van der Waals surface area (Å²) in [4.78, 5) is 0. The summed E-state index contributed by atoms with van der Waals surface area (Å²) in [6.45, 7) is -0.696. The van der Waals surface area contributed by atoms with E-state index in [2.05, 4.69) is 0 Å². The van der Waals surface area contributed by atoms with Gasteiger partial charge in [0.1, 0.15) is 11.6 Å². The van der Waals surface area contributed by atoms with E-state index in [1.54, 1.807) is 6.07 Å². The standard InChI is InChI=1S/C16H15ClF2O2/c17-14-6-1-11(7-15(14)19)8-16(9-20,10-21)12-2-4-13(18)5-3-12/h1-7,20-21H,8-10H2. The topological polar surface area (TPSA) is 40.5 Å². The highest BCUT2D eigenvalue weighted by atomic mass is 35.5. The SMILES string of the molecule is OCC(CO)(Cc1ccc(Cl)c(F)c1)c1ccc(F)cc1. The first-order valence-corrected chi connectivity index (χ1v) is 6.80. The molecule has 0 spiro atoms. The predicted molar refractivity (Wildman–Crippen MR) is 77.4 cm³/mol. The minimum atomic E-state index is -1.01. The minimum Gasteiger partial charge on any atom is -0.395 e. The van der Waals surface area contributed by atoms with Gasteiger partial charge in [-0.3, -0.25) is 0 Å². The zero-order chi connectivity index (χ0) is 15.5. The molecule has 0 fully saturated rings. The fraction of sp³-hybridized carbons (Fsp3) is 0.250. The molecule has 2 aromatic carbocycles. The molecule has 0 radical (unpaired) electrons. The van der Waals surface area contributed by atoms with E-state index in [1.807, 2.05) is 0 Å². The van der Waals surface area contributed by atoms with E-state index in [1.165, 1.54) is 36.4 Å². The van der Waals surface area contributed by atoms with Crippen LogP contribution in [0.4, 0.5) is 8.78 Å². The van der Waals surface area contributed by atoms with Crippen LogP contribution in [0.3, 0.4) is 0 Å². The summed E-state index contributed by atoms with van der Waals surface area (Å²) < 4.78 is 26.5. The Hall–Kier alpha value is -1.49. The number of hydrogen-bond acceptors (Lipinski definition) is 2. The molecule has 2 N–H and O–H groups in total. The van der Waals surface area contributed by atoms with E-state index in [0.29, 0.717) is 11.1 Å². The number of halogens is 3. The summed E-state index contributed by atoms with van der Waals surface area (Å²) in [5, 5.41) is 19.4. The van der Waals surface area contributed by atoms with Crippen LogP contribution in [0.15, 0.2) is 42.5 Å². The Bertz CT molecular complexity index is 610. The molecule has 0 bridgehead atoms. The third kappa shape index (κ3) is 3.40. The third-order valence-electron chi connectivity index (χ3n) is 3.59. The van der Waals surface area contributed by atoms with Crippen molar-refractivity contribution in [2.75, 3.05) is 13.2 Å². The van der Waals surface area contributed by atoms with E-state index in [4.69, 9.17) is 11.6 Å². The molecule has 0 unspecified atom stereocenters. The van der Waals surface area contributed by atoms with Crippen molar-refractivity contribution in [2.45, 2.75) is 11.8 Å².